The minimum atomic E-state index is 0.0149. The Morgan fingerprint density at radius 3 is 2.39 bits per heavy atom. The van der Waals surface area contributed by atoms with E-state index in [4.69, 9.17) is 4.52 Å². The minimum Gasteiger partial charge on any atom is -0.356 e. The second kappa shape index (κ2) is 6.64. The van der Waals surface area contributed by atoms with E-state index in [1.807, 2.05) is 30.3 Å². The third kappa shape index (κ3) is 3.59. The summed E-state index contributed by atoms with van der Waals surface area (Å²) >= 11 is 0. The van der Waals surface area contributed by atoms with Gasteiger partial charge in [-0.1, -0.05) is 35.5 Å². The molecule has 1 fully saturated rings. The molecule has 0 spiro atoms. The van der Waals surface area contributed by atoms with E-state index in [2.05, 4.69) is 5.16 Å². The third-order valence-electron chi connectivity index (χ3n) is 4.03. The predicted octanol–water partition coefficient (Wildman–Crippen LogP) is 1.57. The monoisotopic (exact) mass is 313 g/mol. The lowest BCUT2D eigenvalue weighted by atomic mass is 10.1. The molecule has 0 N–H and O–H groups in total. The standard InChI is InChI=1S/C17H19N3O3/c1-13(21)19-7-9-20(10-8-19)17(22)12-15-11-16(23-18-15)14-5-3-2-4-6-14/h2-6,11H,7-10,12H2,1H3. The summed E-state index contributed by atoms with van der Waals surface area (Å²) in [5, 5.41) is 3.98. The number of hydrogen-bond acceptors (Lipinski definition) is 4. The molecule has 1 aromatic heterocycles. The maximum atomic E-state index is 12.3. The zero-order chi connectivity index (χ0) is 16.2. The Labute approximate surface area is 134 Å². The Bertz CT molecular complexity index is 688. The van der Waals surface area contributed by atoms with Gasteiger partial charge in [-0.25, -0.2) is 0 Å². The van der Waals surface area contributed by atoms with Gasteiger partial charge in [-0.2, -0.15) is 0 Å². The number of amides is 2. The molecule has 1 aromatic carbocycles. The zero-order valence-corrected chi connectivity index (χ0v) is 13.1. The van der Waals surface area contributed by atoms with Gasteiger partial charge in [0, 0.05) is 44.7 Å². The summed E-state index contributed by atoms with van der Waals surface area (Å²) in [6.45, 7) is 3.88. The maximum absolute atomic E-state index is 12.3. The molecule has 0 saturated carbocycles. The van der Waals surface area contributed by atoms with Crippen LogP contribution in [0.2, 0.25) is 0 Å². The van der Waals surface area contributed by atoms with Crippen LogP contribution in [-0.4, -0.2) is 52.9 Å². The number of carbonyl (C=O) groups excluding carboxylic acids is 2. The molecular formula is C17H19N3O3. The summed E-state index contributed by atoms with van der Waals surface area (Å²) in [7, 11) is 0. The van der Waals surface area contributed by atoms with Gasteiger partial charge in [-0.15, -0.1) is 0 Å². The van der Waals surface area contributed by atoms with Gasteiger partial charge in [0.2, 0.25) is 11.8 Å². The number of aromatic nitrogens is 1. The lowest BCUT2D eigenvalue weighted by Crippen LogP contribution is -2.50. The molecule has 1 saturated heterocycles. The van der Waals surface area contributed by atoms with Crippen LogP contribution in [0.25, 0.3) is 11.3 Å². The van der Waals surface area contributed by atoms with E-state index in [9.17, 15) is 9.59 Å². The topological polar surface area (TPSA) is 66.7 Å². The van der Waals surface area contributed by atoms with Gasteiger partial charge in [0.1, 0.15) is 0 Å². The Hall–Kier alpha value is -2.63. The van der Waals surface area contributed by atoms with Crippen molar-refractivity contribution in [2.45, 2.75) is 13.3 Å². The fraction of sp³-hybridized carbons (Fsp3) is 0.353. The average molecular weight is 313 g/mol. The van der Waals surface area contributed by atoms with Crippen LogP contribution in [0.3, 0.4) is 0 Å². The lowest BCUT2D eigenvalue weighted by Gasteiger charge is -2.34. The second-order valence-corrected chi connectivity index (χ2v) is 5.61. The summed E-state index contributed by atoms with van der Waals surface area (Å²) in [5.41, 5.74) is 1.57. The molecule has 0 unspecified atom stereocenters. The van der Waals surface area contributed by atoms with Gasteiger partial charge in [-0.05, 0) is 0 Å². The van der Waals surface area contributed by atoms with Crippen LogP contribution in [0.15, 0.2) is 40.9 Å². The number of carbonyl (C=O) groups is 2. The van der Waals surface area contributed by atoms with E-state index in [-0.39, 0.29) is 18.2 Å². The van der Waals surface area contributed by atoms with Crippen molar-refractivity contribution in [3.05, 3.63) is 42.1 Å². The fourth-order valence-corrected chi connectivity index (χ4v) is 2.67. The Balaban J connectivity index is 1.59. The molecule has 23 heavy (non-hydrogen) atoms. The van der Waals surface area contributed by atoms with Crippen LogP contribution < -0.4 is 0 Å². The molecule has 0 bridgehead atoms. The molecule has 0 atom stereocenters. The van der Waals surface area contributed by atoms with Crippen LogP contribution in [0.1, 0.15) is 12.6 Å². The largest absolute Gasteiger partial charge is 0.356 e. The smallest absolute Gasteiger partial charge is 0.228 e. The minimum absolute atomic E-state index is 0.0149. The van der Waals surface area contributed by atoms with Crippen LogP contribution >= 0.6 is 0 Å². The predicted molar refractivity (Wildman–Crippen MR) is 84.5 cm³/mol. The van der Waals surface area contributed by atoms with Gasteiger partial charge in [0.15, 0.2) is 5.76 Å². The number of rotatable bonds is 3. The van der Waals surface area contributed by atoms with Crippen LogP contribution in [0.4, 0.5) is 0 Å². The summed E-state index contributed by atoms with van der Waals surface area (Å²) < 4.78 is 5.31. The van der Waals surface area contributed by atoms with Crippen molar-refractivity contribution in [1.82, 2.24) is 15.0 Å². The van der Waals surface area contributed by atoms with E-state index in [0.29, 0.717) is 37.6 Å². The molecule has 2 aromatic rings. The first-order valence-corrected chi connectivity index (χ1v) is 7.68. The van der Waals surface area contributed by atoms with Gasteiger partial charge in [0.05, 0.1) is 12.1 Å². The molecule has 6 heteroatoms. The fourth-order valence-electron chi connectivity index (χ4n) is 2.67. The molecule has 0 radical (unpaired) electrons. The first kappa shape index (κ1) is 15.3. The number of piperazine rings is 1. The van der Waals surface area contributed by atoms with Crippen LogP contribution in [-0.2, 0) is 16.0 Å². The van der Waals surface area contributed by atoms with Crippen molar-refractivity contribution < 1.29 is 14.1 Å². The van der Waals surface area contributed by atoms with Gasteiger partial charge >= 0.3 is 0 Å². The summed E-state index contributed by atoms with van der Waals surface area (Å²) in [6, 6.07) is 11.5. The Morgan fingerprint density at radius 2 is 1.74 bits per heavy atom. The summed E-state index contributed by atoms with van der Waals surface area (Å²) in [4.78, 5) is 27.2. The van der Waals surface area contributed by atoms with Crippen molar-refractivity contribution in [2.24, 2.45) is 0 Å². The van der Waals surface area contributed by atoms with Gasteiger partial charge in [0.25, 0.3) is 0 Å². The first-order chi connectivity index (χ1) is 11.1. The maximum Gasteiger partial charge on any atom is 0.228 e. The lowest BCUT2D eigenvalue weighted by molar-refractivity contribution is -0.138. The van der Waals surface area contributed by atoms with Crippen LogP contribution in [0.5, 0.6) is 0 Å². The van der Waals surface area contributed by atoms with Crippen LogP contribution in [0, 0.1) is 0 Å². The molecule has 2 amide bonds. The highest BCUT2D eigenvalue weighted by Crippen LogP contribution is 2.20. The zero-order valence-electron chi connectivity index (χ0n) is 13.1. The highest BCUT2D eigenvalue weighted by atomic mass is 16.5. The molecule has 1 aliphatic heterocycles. The summed E-state index contributed by atoms with van der Waals surface area (Å²) in [5.74, 6) is 0.733. The molecule has 3 rings (SSSR count). The van der Waals surface area contributed by atoms with Crippen molar-refractivity contribution in [1.29, 1.82) is 0 Å². The first-order valence-electron chi connectivity index (χ1n) is 7.68. The molecule has 6 nitrogen and oxygen atoms in total. The highest BCUT2D eigenvalue weighted by Gasteiger charge is 2.23. The van der Waals surface area contributed by atoms with E-state index < -0.39 is 0 Å². The summed E-state index contributed by atoms with van der Waals surface area (Å²) in [6.07, 6.45) is 0.219. The Morgan fingerprint density at radius 1 is 1.09 bits per heavy atom. The normalized spacial score (nSPS) is 14.8. The van der Waals surface area contributed by atoms with Gasteiger partial charge < -0.3 is 14.3 Å². The van der Waals surface area contributed by atoms with Crippen molar-refractivity contribution in [3.8, 4) is 11.3 Å². The quantitative estimate of drug-likeness (QED) is 0.863. The van der Waals surface area contributed by atoms with Crippen molar-refractivity contribution in [2.75, 3.05) is 26.2 Å². The number of nitrogens with zero attached hydrogens (tertiary/aromatic N) is 3. The van der Waals surface area contributed by atoms with E-state index in [0.717, 1.165) is 5.56 Å². The molecular weight excluding hydrogens is 294 g/mol. The number of benzene rings is 1. The van der Waals surface area contributed by atoms with Gasteiger partial charge in [-0.3, -0.25) is 9.59 Å². The molecule has 120 valence electrons. The van der Waals surface area contributed by atoms with E-state index in [1.54, 1.807) is 22.8 Å². The Kier molecular flexibility index (Phi) is 4.41. The van der Waals surface area contributed by atoms with E-state index in [1.165, 1.54) is 0 Å². The second-order valence-electron chi connectivity index (χ2n) is 5.61. The van der Waals surface area contributed by atoms with Crippen molar-refractivity contribution >= 4 is 11.8 Å². The van der Waals surface area contributed by atoms with E-state index >= 15 is 0 Å². The SMILES string of the molecule is CC(=O)N1CCN(C(=O)Cc2cc(-c3ccccc3)on2)CC1. The molecule has 1 aliphatic rings. The average Bonchev–Trinajstić information content (AvgIpc) is 3.04. The molecule has 0 aliphatic carbocycles. The highest BCUT2D eigenvalue weighted by molar-refractivity contribution is 5.79. The molecule has 2 heterocycles. The third-order valence-corrected chi connectivity index (χ3v) is 4.03. The van der Waals surface area contributed by atoms with Crippen molar-refractivity contribution in [3.63, 3.8) is 0 Å². The number of hydrogen-bond donors (Lipinski definition) is 0.